The van der Waals surface area contributed by atoms with Gasteiger partial charge in [0.2, 0.25) is 0 Å². The molecule has 6 nitrogen and oxygen atoms in total. The number of likely N-dealkylation sites (tertiary alicyclic amines) is 1. The maximum atomic E-state index is 12.4. The van der Waals surface area contributed by atoms with Crippen LogP contribution >= 0.6 is 0 Å². The summed E-state index contributed by atoms with van der Waals surface area (Å²) in [4.78, 5) is 30.7. The molecular formula is C19H24N4O2. The van der Waals surface area contributed by atoms with E-state index in [0.29, 0.717) is 6.54 Å². The number of H-pyrrole nitrogens is 1. The first-order valence-electron chi connectivity index (χ1n) is 8.62. The molecule has 0 radical (unpaired) electrons. The highest BCUT2D eigenvalue weighted by atomic mass is 16.2. The number of urea groups is 1. The monoisotopic (exact) mass is 340 g/mol. The summed E-state index contributed by atoms with van der Waals surface area (Å²) >= 11 is 0. The van der Waals surface area contributed by atoms with Crippen LogP contribution in [0.5, 0.6) is 0 Å². The average molecular weight is 340 g/mol. The summed E-state index contributed by atoms with van der Waals surface area (Å²) in [5.41, 5.74) is 2.33. The Balaban J connectivity index is 1.66. The molecule has 1 aliphatic rings. The molecule has 0 saturated carbocycles. The van der Waals surface area contributed by atoms with Gasteiger partial charge in [-0.25, -0.2) is 4.79 Å². The summed E-state index contributed by atoms with van der Waals surface area (Å²) in [5.74, 6) is 0. The van der Waals surface area contributed by atoms with Crippen molar-refractivity contribution in [2.75, 3.05) is 25.5 Å². The smallest absolute Gasteiger partial charge is 0.322 e. The predicted molar refractivity (Wildman–Crippen MR) is 98.5 cm³/mol. The van der Waals surface area contributed by atoms with Gasteiger partial charge in [-0.1, -0.05) is 24.3 Å². The van der Waals surface area contributed by atoms with Crippen molar-refractivity contribution in [3.8, 4) is 0 Å². The Labute approximate surface area is 147 Å². The van der Waals surface area contributed by atoms with Crippen molar-refractivity contribution in [2.45, 2.75) is 25.9 Å². The minimum Gasteiger partial charge on any atom is -0.327 e. The van der Waals surface area contributed by atoms with Crippen LogP contribution in [0.1, 0.15) is 24.0 Å². The first-order valence-corrected chi connectivity index (χ1v) is 8.62. The lowest BCUT2D eigenvalue weighted by Crippen LogP contribution is -2.33. The zero-order valence-corrected chi connectivity index (χ0v) is 14.5. The molecule has 0 spiro atoms. The molecule has 1 saturated heterocycles. The zero-order valence-electron chi connectivity index (χ0n) is 14.5. The van der Waals surface area contributed by atoms with Crippen molar-refractivity contribution < 1.29 is 4.79 Å². The number of hydrogen-bond donors (Lipinski definition) is 2. The van der Waals surface area contributed by atoms with E-state index < -0.39 is 0 Å². The Kier molecular flexibility index (Phi) is 5.50. The van der Waals surface area contributed by atoms with Gasteiger partial charge in [-0.2, -0.15) is 0 Å². The van der Waals surface area contributed by atoms with Crippen molar-refractivity contribution in [3.05, 3.63) is 64.1 Å². The van der Waals surface area contributed by atoms with Crippen LogP contribution in [-0.4, -0.2) is 41.0 Å². The molecule has 0 atom stereocenters. The first kappa shape index (κ1) is 17.2. The molecular weight excluding hydrogens is 316 g/mol. The summed E-state index contributed by atoms with van der Waals surface area (Å²) in [6.07, 6.45) is 4.06. The van der Waals surface area contributed by atoms with Crippen LogP contribution in [0.25, 0.3) is 0 Å². The molecule has 2 aromatic rings. The normalized spacial score (nSPS) is 14.4. The van der Waals surface area contributed by atoms with Crippen molar-refractivity contribution in [1.82, 2.24) is 14.8 Å². The van der Waals surface area contributed by atoms with E-state index >= 15 is 0 Å². The van der Waals surface area contributed by atoms with Gasteiger partial charge in [0, 0.05) is 26.3 Å². The van der Waals surface area contributed by atoms with Gasteiger partial charge < -0.3 is 15.2 Å². The quantitative estimate of drug-likeness (QED) is 0.879. The Morgan fingerprint density at radius 2 is 1.88 bits per heavy atom. The average Bonchev–Trinajstić information content (AvgIpc) is 3.11. The van der Waals surface area contributed by atoms with Crippen LogP contribution in [0.15, 0.2) is 47.4 Å². The molecule has 0 aliphatic carbocycles. The van der Waals surface area contributed by atoms with Crippen LogP contribution in [0.4, 0.5) is 10.5 Å². The van der Waals surface area contributed by atoms with Gasteiger partial charge in [-0.15, -0.1) is 0 Å². The first-order chi connectivity index (χ1) is 12.1. The summed E-state index contributed by atoms with van der Waals surface area (Å²) in [6, 6.07) is 11.2. The Bertz CT molecular complexity index is 781. The lowest BCUT2D eigenvalue weighted by Gasteiger charge is -2.22. The van der Waals surface area contributed by atoms with Crippen molar-refractivity contribution in [2.24, 2.45) is 0 Å². The molecule has 1 aliphatic heterocycles. The van der Waals surface area contributed by atoms with Crippen molar-refractivity contribution in [1.29, 1.82) is 0 Å². The largest absolute Gasteiger partial charge is 0.327 e. The number of aromatic amines is 1. The van der Waals surface area contributed by atoms with E-state index in [9.17, 15) is 9.59 Å². The molecule has 132 valence electrons. The van der Waals surface area contributed by atoms with Crippen LogP contribution in [-0.2, 0) is 13.1 Å². The SMILES string of the molecule is CN(Cc1ccccc1CN1CCCC1)C(=O)Nc1ccc[nH]c1=O. The van der Waals surface area contributed by atoms with Crippen LogP contribution < -0.4 is 10.9 Å². The van der Waals surface area contributed by atoms with Crippen molar-refractivity contribution in [3.63, 3.8) is 0 Å². The maximum absolute atomic E-state index is 12.4. The van der Waals surface area contributed by atoms with E-state index in [1.807, 2.05) is 12.1 Å². The third kappa shape index (κ3) is 4.48. The van der Waals surface area contributed by atoms with E-state index in [1.54, 1.807) is 24.1 Å². The Morgan fingerprint density at radius 1 is 1.16 bits per heavy atom. The number of pyridine rings is 1. The lowest BCUT2D eigenvalue weighted by atomic mass is 10.1. The fraction of sp³-hybridized carbons (Fsp3) is 0.368. The number of aromatic nitrogens is 1. The van der Waals surface area contributed by atoms with Gasteiger partial charge in [0.05, 0.1) is 0 Å². The van der Waals surface area contributed by atoms with E-state index in [2.05, 4.69) is 27.3 Å². The molecule has 1 aromatic carbocycles. The number of benzene rings is 1. The summed E-state index contributed by atoms with van der Waals surface area (Å²) in [6.45, 7) is 3.70. The number of amides is 2. The highest BCUT2D eigenvalue weighted by Gasteiger charge is 2.16. The number of carbonyl (C=O) groups excluding carboxylic acids is 1. The molecule has 1 fully saturated rings. The van der Waals surface area contributed by atoms with Crippen LogP contribution in [0.2, 0.25) is 0 Å². The highest BCUT2D eigenvalue weighted by molar-refractivity contribution is 5.88. The second-order valence-electron chi connectivity index (χ2n) is 6.45. The van der Waals surface area contributed by atoms with E-state index in [-0.39, 0.29) is 17.3 Å². The number of nitrogens with zero attached hydrogens (tertiary/aromatic N) is 2. The lowest BCUT2D eigenvalue weighted by molar-refractivity contribution is 0.220. The summed E-state index contributed by atoms with van der Waals surface area (Å²) < 4.78 is 0. The number of anilines is 1. The molecule has 0 unspecified atom stereocenters. The fourth-order valence-corrected chi connectivity index (χ4v) is 3.11. The van der Waals surface area contributed by atoms with E-state index in [1.165, 1.54) is 24.6 Å². The Hall–Kier alpha value is -2.60. The van der Waals surface area contributed by atoms with Gasteiger partial charge in [-0.05, 0) is 49.2 Å². The second-order valence-corrected chi connectivity index (χ2v) is 6.45. The fourth-order valence-electron chi connectivity index (χ4n) is 3.11. The molecule has 3 rings (SSSR count). The zero-order chi connectivity index (χ0) is 17.6. The number of rotatable bonds is 5. The number of carbonyl (C=O) groups is 1. The standard InChI is InChI=1S/C19H24N4O2/c1-22(19(25)21-17-9-6-10-20-18(17)24)13-15-7-2-3-8-16(15)14-23-11-4-5-12-23/h2-3,6-10H,4-5,11-14H2,1H3,(H,20,24)(H,21,25). The van der Waals surface area contributed by atoms with E-state index in [4.69, 9.17) is 0 Å². The van der Waals surface area contributed by atoms with Gasteiger partial charge >= 0.3 is 6.03 Å². The Morgan fingerprint density at radius 3 is 2.60 bits per heavy atom. The summed E-state index contributed by atoms with van der Waals surface area (Å²) in [5, 5.41) is 2.66. The summed E-state index contributed by atoms with van der Waals surface area (Å²) in [7, 11) is 1.74. The third-order valence-electron chi connectivity index (χ3n) is 4.53. The van der Waals surface area contributed by atoms with E-state index in [0.717, 1.165) is 25.2 Å². The van der Waals surface area contributed by atoms with Crippen LogP contribution in [0, 0.1) is 0 Å². The molecule has 1 aromatic heterocycles. The van der Waals surface area contributed by atoms with Gasteiger partial charge in [0.25, 0.3) is 5.56 Å². The molecule has 2 N–H and O–H groups in total. The highest BCUT2D eigenvalue weighted by Crippen LogP contribution is 2.17. The molecule has 25 heavy (non-hydrogen) atoms. The van der Waals surface area contributed by atoms with Gasteiger partial charge in [-0.3, -0.25) is 9.69 Å². The molecule has 2 amide bonds. The topological polar surface area (TPSA) is 68.4 Å². The maximum Gasteiger partial charge on any atom is 0.322 e. The predicted octanol–water partition coefficient (Wildman–Crippen LogP) is 2.63. The van der Waals surface area contributed by atoms with Gasteiger partial charge in [0.15, 0.2) is 0 Å². The molecule has 2 heterocycles. The molecule has 0 bridgehead atoms. The number of nitrogens with one attached hydrogen (secondary N) is 2. The number of hydrogen-bond acceptors (Lipinski definition) is 3. The van der Waals surface area contributed by atoms with Gasteiger partial charge in [0.1, 0.15) is 5.69 Å². The molecule has 6 heteroatoms. The van der Waals surface area contributed by atoms with Crippen molar-refractivity contribution >= 4 is 11.7 Å². The minimum atomic E-state index is -0.307. The third-order valence-corrected chi connectivity index (χ3v) is 4.53. The second kappa shape index (κ2) is 7.98. The minimum absolute atomic E-state index is 0.254. The van der Waals surface area contributed by atoms with Crippen LogP contribution in [0.3, 0.4) is 0 Å².